The third-order valence-electron chi connectivity index (χ3n) is 9.73. The lowest BCUT2D eigenvalue weighted by Gasteiger charge is -2.18. The smallest absolute Gasteiger partial charge is 0.309 e. The second kappa shape index (κ2) is 11.7. The molecule has 9 aromatic rings. The first-order valence-electron chi connectivity index (χ1n) is 16.9. The van der Waals surface area contributed by atoms with Gasteiger partial charge in [-0.3, -0.25) is 0 Å². The number of nitrogens with one attached hydrogen (secondary N) is 2. The Balaban J connectivity index is 1.08. The van der Waals surface area contributed by atoms with Crippen LogP contribution in [0.1, 0.15) is 22.9 Å². The van der Waals surface area contributed by atoms with E-state index in [0.29, 0.717) is 0 Å². The molecule has 7 aromatic carbocycles. The van der Waals surface area contributed by atoms with Crippen LogP contribution in [-0.4, -0.2) is 16.2 Å². The highest BCUT2D eigenvalue weighted by molar-refractivity contribution is 7.25. The molecule has 0 bridgehead atoms. The topological polar surface area (TPSA) is 43.3 Å². The van der Waals surface area contributed by atoms with Crippen LogP contribution >= 0.6 is 11.3 Å². The predicted molar refractivity (Wildman–Crippen MR) is 209 cm³/mol. The number of aliphatic imine (C=N–C) groups is 1. The second-order valence-electron chi connectivity index (χ2n) is 12.8. The van der Waals surface area contributed by atoms with Crippen LogP contribution in [0.15, 0.2) is 175 Å². The van der Waals surface area contributed by atoms with Crippen molar-refractivity contribution < 1.29 is 4.99 Å². The predicted octanol–water partition coefficient (Wildman–Crippen LogP) is 9.39. The molecule has 2 N–H and O–H groups in total. The molecule has 3 heterocycles. The SMILES string of the molecule is c1ccc(C2NC(c3cccc(-c4ccc5c6ccccc6n(-c6ccccc6)c5c4)c3)=NC(c3ccc4c(c3)sc3ccccc34)=[NH+]2)cc1. The fourth-order valence-corrected chi connectivity index (χ4v) is 8.46. The Kier molecular flexibility index (Phi) is 6.71. The Morgan fingerprint density at radius 2 is 1.16 bits per heavy atom. The summed E-state index contributed by atoms with van der Waals surface area (Å²) in [5.74, 6) is 1.69. The van der Waals surface area contributed by atoms with Crippen LogP contribution in [-0.2, 0) is 0 Å². The van der Waals surface area contributed by atoms with E-state index >= 15 is 0 Å². The van der Waals surface area contributed by atoms with E-state index in [-0.39, 0.29) is 6.17 Å². The molecule has 4 nitrogen and oxygen atoms in total. The number of hydrogen-bond donors (Lipinski definition) is 2. The lowest BCUT2D eigenvalue weighted by molar-refractivity contribution is -0.516. The highest BCUT2D eigenvalue weighted by Crippen LogP contribution is 2.36. The molecule has 0 fully saturated rings. The zero-order chi connectivity index (χ0) is 33.0. The highest BCUT2D eigenvalue weighted by Gasteiger charge is 2.28. The number of benzene rings is 7. The van der Waals surface area contributed by atoms with Crippen LogP contribution in [0.2, 0.25) is 0 Å². The lowest BCUT2D eigenvalue weighted by atomic mass is 10.0. The number of aromatic nitrogens is 1. The van der Waals surface area contributed by atoms with Gasteiger partial charge in [0.1, 0.15) is 0 Å². The summed E-state index contributed by atoms with van der Waals surface area (Å²) in [7, 11) is 0. The molecule has 50 heavy (non-hydrogen) atoms. The fourth-order valence-electron chi connectivity index (χ4n) is 7.32. The van der Waals surface area contributed by atoms with Gasteiger partial charge < -0.3 is 9.88 Å². The zero-order valence-electron chi connectivity index (χ0n) is 27.0. The fraction of sp³-hybridized carbons (Fsp3) is 0.0222. The Hall–Kier alpha value is -6.30. The molecule has 0 saturated heterocycles. The van der Waals surface area contributed by atoms with Gasteiger partial charge >= 0.3 is 5.84 Å². The molecule has 0 saturated carbocycles. The first kappa shape index (κ1) is 28.7. The van der Waals surface area contributed by atoms with Crippen LogP contribution in [0.4, 0.5) is 0 Å². The van der Waals surface area contributed by atoms with Crippen molar-refractivity contribution in [2.75, 3.05) is 0 Å². The summed E-state index contributed by atoms with van der Waals surface area (Å²) >= 11 is 1.83. The lowest BCUT2D eigenvalue weighted by Crippen LogP contribution is -2.80. The van der Waals surface area contributed by atoms with Gasteiger partial charge in [-0.25, -0.2) is 4.99 Å². The van der Waals surface area contributed by atoms with E-state index in [0.717, 1.165) is 45.2 Å². The van der Waals surface area contributed by atoms with Gasteiger partial charge in [0, 0.05) is 47.8 Å². The number of para-hydroxylation sites is 2. The molecule has 10 rings (SSSR count). The van der Waals surface area contributed by atoms with Crippen molar-refractivity contribution in [2.45, 2.75) is 6.17 Å². The molecule has 5 heteroatoms. The van der Waals surface area contributed by atoms with Gasteiger partial charge in [0.05, 0.1) is 16.6 Å². The number of thiophene rings is 1. The van der Waals surface area contributed by atoms with Gasteiger partial charge in [0.2, 0.25) is 0 Å². The van der Waals surface area contributed by atoms with Gasteiger partial charge in [0.15, 0.2) is 6.17 Å². The summed E-state index contributed by atoms with van der Waals surface area (Å²) in [5, 5.41) is 8.80. The van der Waals surface area contributed by atoms with E-state index in [4.69, 9.17) is 4.99 Å². The number of fused-ring (bicyclic) bond motifs is 6. The summed E-state index contributed by atoms with van der Waals surface area (Å²) in [5.41, 5.74) is 9.10. The van der Waals surface area contributed by atoms with Crippen molar-refractivity contribution in [1.29, 1.82) is 0 Å². The third-order valence-corrected chi connectivity index (χ3v) is 10.9. The van der Waals surface area contributed by atoms with E-state index in [1.54, 1.807) is 0 Å². The quantitative estimate of drug-likeness (QED) is 0.190. The number of hydrogen-bond acceptors (Lipinski definition) is 3. The number of amidine groups is 2. The average Bonchev–Trinajstić information content (AvgIpc) is 3.73. The Labute approximate surface area is 293 Å². The molecular formula is C45H31N4S+. The van der Waals surface area contributed by atoms with Gasteiger partial charge in [-0.1, -0.05) is 115 Å². The van der Waals surface area contributed by atoms with Crippen molar-refractivity contribution in [3.63, 3.8) is 0 Å². The molecule has 0 aliphatic carbocycles. The summed E-state index contributed by atoms with van der Waals surface area (Å²) in [6, 6.07) is 60.7. The molecule has 1 aliphatic rings. The number of rotatable bonds is 5. The highest BCUT2D eigenvalue weighted by atomic mass is 32.1. The first-order valence-corrected chi connectivity index (χ1v) is 17.7. The van der Waals surface area contributed by atoms with Crippen LogP contribution in [0.5, 0.6) is 0 Å². The van der Waals surface area contributed by atoms with Crippen LogP contribution in [0.25, 0.3) is 58.8 Å². The average molecular weight is 660 g/mol. The summed E-state index contributed by atoms with van der Waals surface area (Å²) in [6.07, 6.45) is -0.140. The summed E-state index contributed by atoms with van der Waals surface area (Å²) in [4.78, 5) is 8.94. The summed E-state index contributed by atoms with van der Waals surface area (Å²) in [6.45, 7) is 0. The van der Waals surface area contributed by atoms with Crippen molar-refractivity contribution in [3.05, 3.63) is 187 Å². The molecule has 1 unspecified atom stereocenters. The molecule has 0 spiro atoms. The second-order valence-corrected chi connectivity index (χ2v) is 13.8. The minimum Gasteiger partial charge on any atom is -0.309 e. The van der Waals surface area contributed by atoms with Crippen LogP contribution in [0.3, 0.4) is 0 Å². The van der Waals surface area contributed by atoms with Gasteiger partial charge in [0.25, 0.3) is 5.84 Å². The normalized spacial score (nSPS) is 14.6. The monoisotopic (exact) mass is 659 g/mol. The minimum absolute atomic E-state index is 0.140. The maximum Gasteiger partial charge on any atom is 0.328 e. The minimum atomic E-state index is -0.140. The third kappa shape index (κ3) is 4.82. The number of nitrogens with zero attached hydrogens (tertiary/aromatic N) is 2. The molecule has 0 amide bonds. The largest absolute Gasteiger partial charge is 0.328 e. The van der Waals surface area contributed by atoms with Crippen LogP contribution in [0, 0.1) is 0 Å². The Morgan fingerprint density at radius 1 is 0.500 bits per heavy atom. The van der Waals surface area contributed by atoms with Crippen LogP contribution < -0.4 is 10.3 Å². The van der Waals surface area contributed by atoms with Gasteiger partial charge in [-0.05, 0) is 70.7 Å². The van der Waals surface area contributed by atoms with Crippen molar-refractivity contribution in [3.8, 4) is 16.8 Å². The standard InChI is InChI=1S/C45H30N4S/c1-3-12-29(13-4-1)43-46-44(48-45(47-43)33-23-25-38-37-19-8-10-21-41(37)50-42(38)28-33)32-15-11-14-30(26-32)31-22-24-36-35-18-7-9-20-39(35)49(40(36)27-31)34-16-5-2-6-17-34/h1-28,43H,(H,46,47,48)/p+1. The first-order chi connectivity index (χ1) is 24.8. The molecule has 1 atom stereocenters. The van der Waals surface area contributed by atoms with E-state index in [1.807, 2.05) is 11.3 Å². The maximum atomic E-state index is 5.24. The van der Waals surface area contributed by atoms with E-state index < -0.39 is 0 Å². The molecule has 0 radical (unpaired) electrons. The van der Waals surface area contributed by atoms with Gasteiger partial charge in [-0.2, -0.15) is 0 Å². The van der Waals surface area contributed by atoms with Crippen molar-refractivity contribution in [1.82, 2.24) is 9.88 Å². The molecule has 1 aliphatic heterocycles. The molecular weight excluding hydrogens is 629 g/mol. The molecule has 236 valence electrons. The van der Waals surface area contributed by atoms with Crippen molar-refractivity contribution >= 4 is 65.0 Å². The van der Waals surface area contributed by atoms with E-state index in [9.17, 15) is 0 Å². The van der Waals surface area contributed by atoms with E-state index in [2.05, 4.69) is 185 Å². The Morgan fingerprint density at radius 3 is 2.04 bits per heavy atom. The van der Waals surface area contributed by atoms with Crippen molar-refractivity contribution in [2.24, 2.45) is 4.99 Å². The van der Waals surface area contributed by atoms with E-state index in [1.165, 1.54) is 42.0 Å². The van der Waals surface area contributed by atoms with Gasteiger partial charge in [-0.15, -0.1) is 11.3 Å². The Bertz CT molecular complexity index is 2790. The summed E-state index contributed by atoms with van der Waals surface area (Å²) < 4.78 is 4.93. The maximum absolute atomic E-state index is 5.24. The molecule has 2 aromatic heterocycles. The zero-order valence-corrected chi connectivity index (χ0v) is 27.9.